The van der Waals surface area contributed by atoms with Crippen LogP contribution in [0, 0.1) is 5.82 Å². The van der Waals surface area contributed by atoms with Gasteiger partial charge < -0.3 is 10.1 Å². The lowest BCUT2D eigenvalue weighted by atomic mass is 10.1. The third-order valence-corrected chi connectivity index (χ3v) is 3.60. The van der Waals surface area contributed by atoms with Gasteiger partial charge >= 0.3 is 5.97 Å². The van der Waals surface area contributed by atoms with Crippen molar-refractivity contribution in [1.29, 1.82) is 0 Å². The fourth-order valence-corrected chi connectivity index (χ4v) is 2.20. The quantitative estimate of drug-likeness (QED) is 0.434. The van der Waals surface area contributed by atoms with Crippen LogP contribution in [0.15, 0.2) is 54.6 Å². The first kappa shape index (κ1) is 20.0. The van der Waals surface area contributed by atoms with Crippen molar-refractivity contribution in [2.45, 2.75) is 19.8 Å². The van der Waals surface area contributed by atoms with Crippen molar-refractivity contribution in [2.75, 3.05) is 11.9 Å². The molecule has 0 aliphatic heterocycles. The summed E-state index contributed by atoms with van der Waals surface area (Å²) in [6, 6.07) is 12.0. The maximum absolute atomic E-state index is 12.8. The smallest absolute Gasteiger partial charge is 0.331 e. The number of Topliss-reactive ketones (excluding diaryl/α,β-unsaturated/α-hetero) is 1. The molecule has 0 aliphatic rings. The highest BCUT2D eigenvalue weighted by Crippen LogP contribution is 2.11. The first-order chi connectivity index (χ1) is 13.0. The normalized spacial score (nSPS) is 10.6. The van der Waals surface area contributed by atoms with Gasteiger partial charge in [-0.1, -0.05) is 19.1 Å². The van der Waals surface area contributed by atoms with Crippen LogP contribution in [0.3, 0.4) is 0 Å². The molecule has 0 saturated carbocycles. The van der Waals surface area contributed by atoms with Gasteiger partial charge in [-0.25, -0.2) is 9.18 Å². The van der Waals surface area contributed by atoms with E-state index in [2.05, 4.69) is 5.32 Å². The van der Waals surface area contributed by atoms with Gasteiger partial charge in [-0.3, -0.25) is 9.59 Å². The molecule has 0 unspecified atom stereocenters. The molecule has 0 fully saturated rings. The van der Waals surface area contributed by atoms with Crippen LogP contribution in [0.5, 0.6) is 0 Å². The van der Waals surface area contributed by atoms with Gasteiger partial charge in [-0.15, -0.1) is 0 Å². The average molecular weight is 369 g/mol. The lowest BCUT2D eigenvalue weighted by Gasteiger charge is -2.06. The summed E-state index contributed by atoms with van der Waals surface area (Å²) in [6.07, 6.45) is 3.83. The number of hydrogen-bond acceptors (Lipinski definition) is 4. The van der Waals surface area contributed by atoms with Gasteiger partial charge in [0.15, 0.2) is 12.4 Å². The van der Waals surface area contributed by atoms with E-state index in [0.717, 1.165) is 6.42 Å². The number of amides is 1. The van der Waals surface area contributed by atoms with Gasteiger partial charge in [0, 0.05) is 23.7 Å². The Morgan fingerprint density at radius 1 is 1.04 bits per heavy atom. The van der Waals surface area contributed by atoms with Crippen molar-refractivity contribution < 1.29 is 23.5 Å². The number of anilines is 1. The van der Waals surface area contributed by atoms with Crippen LogP contribution in [0.1, 0.15) is 35.7 Å². The molecular formula is C21H20FNO4. The molecule has 0 heterocycles. The molecule has 0 radical (unpaired) electrons. The minimum absolute atomic E-state index is 0.0848. The number of esters is 1. The summed E-state index contributed by atoms with van der Waals surface area (Å²) < 4.78 is 17.7. The number of carbonyl (C=O) groups is 3. The van der Waals surface area contributed by atoms with E-state index in [1.165, 1.54) is 36.4 Å². The highest BCUT2D eigenvalue weighted by Gasteiger charge is 2.09. The van der Waals surface area contributed by atoms with E-state index >= 15 is 0 Å². The zero-order chi connectivity index (χ0) is 19.6. The van der Waals surface area contributed by atoms with E-state index in [0.29, 0.717) is 23.2 Å². The summed E-state index contributed by atoms with van der Waals surface area (Å²) in [7, 11) is 0. The summed E-state index contributed by atoms with van der Waals surface area (Å²) in [5.74, 6) is -1.48. The Labute approximate surface area is 156 Å². The molecular weight excluding hydrogens is 349 g/mol. The molecule has 0 spiro atoms. The monoisotopic (exact) mass is 369 g/mol. The third-order valence-electron chi connectivity index (χ3n) is 3.60. The summed E-state index contributed by atoms with van der Waals surface area (Å²) >= 11 is 0. The summed E-state index contributed by atoms with van der Waals surface area (Å²) in [5, 5.41) is 2.73. The number of nitrogens with one attached hydrogen (secondary N) is 1. The number of carbonyl (C=O) groups excluding carboxylic acids is 3. The summed E-state index contributed by atoms with van der Waals surface area (Å²) in [4.78, 5) is 35.3. The molecule has 0 bridgehead atoms. The minimum atomic E-state index is -0.670. The molecule has 0 atom stereocenters. The van der Waals surface area contributed by atoms with E-state index in [1.54, 1.807) is 24.3 Å². The third kappa shape index (κ3) is 6.86. The van der Waals surface area contributed by atoms with E-state index in [4.69, 9.17) is 4.74 Å². The highest BCUT2D eigenvalue weighted by atomic mass is 19.1. The van der Waals surface area contributed by atoms with Crippen LogP contribution in [0.2, 0.25) is 0 Å². The summed E-state index contributed by atoms with van der Waals surface area (Å²) in [6.45, 7) is 1.52. The van der Waals surface area contributed by atoms with Crippen molar-refractivity contribution in [3.63, 3.8) is 0 Å². The van der Waals surface area contributed by atoms with Crippen LogP contribution >= 0.6 is 0 Å². The van der Waals surface area contributed by atoms with Gasteiger partial charge in [0.05, 0.1) is 0 Å². The van der Waals surface area contributed by atoms with Crippen LogP contribution < -0.4 is 5.32 Å². The number of hydrogen-bond donors (Lipinski definition) is 1. The van der Waals surface area contributed by atoms with Gasteiger partial charge in [0.2, 0.25) is 5.91 Å². The second kappa shape index (κ2) is 10.0. The molecule has 0 aliphatic carbocycles. The van der Waals surface area contributed by atoms with Crippen LogP contribution in [0.25, 0.3) is 6.08 Å². The molecule has 2 aromatic carbocycles. The van der Waals surface area contributed by atoms with Crippen molar-refractivity contribution in [3.8, 4) is 0 Å². The number of rotatable bonds is 8. The number of halogens is 1. The molecule has 2 rings (SSSR count). The molecule has 140 valence electrons. The van der Waals surface area contributed by atoms with Crippen molar-refractivity contribution in [2.24, 2.45) is 0 Å². The molecule has 1 amide bonds. The van der Waals surface area contributed by atoms with E-state index < -0.39 is 12.6 Å². The van der Waals surface area contributed by atoms with Gasteiger partial charge in [-0.2, -0.15) is 0 Å². The van der Waals surface area contributed by atoms with Crippen LogP contribution in [0.4, 0.5) is 10.1 Å². The van der Waals surface area contributed by atoms with Crippen LogP contribution in [-0.2, 0) is 14.3 Å². The second-order valence-corrected chi connectivity index (χ2v) is 5.79. The summed E-state index contributed by atoms with van der Waals surface area (Å²) in [5.41, 5.74) is 1.61. The van der Waals surface area contributed by atoms with E-state index in [9.17, 15) is 18.8 Å². The van der Waals surface area contributed by atoms with E-state index in [1.807, 2.05) is 6.92 Å². The number of ketones is 1. The Kier molecular flexibility index (Phi) is 7.43. The molecule has 0 aromatic heterocycles. The molecule has 6 heteroatoms. The number of benzene rings is 2. The molecule has 0 saturated heterocycles. The molecule has 1 N–H and O–H groups in total. The Bertz CT molecular complexity index is 826. The van der Waals surface area contributed by atoms with Crippen LogP contribution in [-0.4, -0.2) is 24.3 Å². The molecule has 27 heavy (non-hydrogen) atoms. The predicted molar refractivity (Wildman–Crippen MR) is 101 cm³/mol. The van der Waals surface area contributed by atoms with Crippen molar-refractivity contribution in [1.82, 2.24) is 0 Å². The minimum Gasteiger partial charge on any atom is -0.454 e. The van der Waals surface area contributed by atoms with Gasteiger partial charge in [-0.05, 0) is 54.5 Å². The Hall–Kier alpha value is -3.28. The fourth-order valence-electron chi connectivity index (χ4n) is 2.20. The SMILES string of the molecule is CCCC(=O)Nc1ccc(C(=O)COC(=O)/C=C/c2ccc(F)cc2)cc1. The van der Waals surface area contributed by atoms with E-state index in [-0.39, 0.29) is 17.5 Å². The lowest BCUT2D eigenvalue weighted by Crippen LogP contribution is -2.13. The Morgan fingerprint density at radius 2 is 1.70 bits per heavy atom. The fraction of sp³-hybridized carbons (Fsp3) is 0.190. The first-order valence-electron chi connectivity index (χ1n) is 8.51. The zero-order valence-corrected chi connectivity index (χ0v) is 14.9. The average Bonchev–Trinajstić information content (AvgIpc) is 2.66. The zero-order valence-electron chi connectivity index (χ0n) is 14.9. The highest BCUT2D eigenvalue weighted by molar-refractivity contribution is 5.99. The second-order valence-electron chi connectivity index (χ2n) is 5.79. The topological polar surface area (TPSA) is 72.5 Å². The predicted octanol–water partition coefficient (Wildman–Crippen LogP) is 4.00. The largest absolute Gasteiger partial charge is 0.454 e. The maximum Gasteiger partial charge on any atom is 0.331 e. The van der Waals surface area contributed by atoms with Gasteiger partial charge in [0.25, 0.3) is 0 Å². The van der Waals surface area contributed by atoms with Crippen molar-refractivity contribution >= 4 is 29.4 Å². The molecule has 5 nitrogen and oxygen atoms in total. The standard InChI is InChI=1S/C21H20FNO4/c1-2-3-20(25)23-18-11-7-16(8-12-18)19(24)14-27-21(26)13-6-15-4-9-17(22)10-5-15/h4-13H,2-3,14H2,1H3,(H,23,25)/b13-6+. The van der Waals surface area contributed by atoms with Gasteiger partial charge in [0.1, 0.15) is 5.82 Å². The van der Waals surface area contributed by atoms with Crippen molar-refractivity contribution in [3.05, 3.63) is 71.6 Å². The Morgan fingerprint density at radius 3 is 2.33 bits per heavy atom. The Balaban J connectivity index is 1.83. The maximum atomic E-state index is 12.8. The lowest BCUT2D eigenvalue weighted by molar-refractivity contribution is -0.136. The first-order valence-corrected chi connectivity index (χ1v) is 8.51. The molecule has 2 aromatic rings. The number of ether oxygens (including phenoxy) is 1.